The summed E-state index contributed by atoms with van der Waals surface area (Å²) in [5, 5.41) is 0. The summed E-state index contributed by atoms with van der Waals surface area (Å²) in [4.78, 5) is 4.23. The van der Waals surface area contributed by atoms with E-state index in [4.69, 9.17) is 4.74 Å². The highest BCUT2D eigenvalue weighted by Gasteiger charge is 2.32. The average molecular weight is 333 g/mol. The second-order valence-corrected chi connectivity index (χ2v) is 8.15. The molecule has 1 unspecified atom stereocenters. The molecule has 0 bridgehead atoms. The van der Waals surface area contributed by atoms with Crippen LogP contribution in [-0.2, 0) is 11.4 Å². The summed E-state index contributed by atoms with van der Waals surface area (Å²) in [7, 11) is 0. The zero-order valence-electron chi connectivity index (χ0n) is 10.7. The van der Waals surface area contributed by atoms with Crippen molar-refractivity contribution in [2.45, 2.75) is 38.0 Å². The molecule has 6 heteroatoms. The number of ether oxygens (including phenoxy) is 1. The maximum absolute atomic E-state index is 12.2. The number of hydrogen-bond donors (Lipinski definition) is 1. The quantitative estimate of drug-likeness (QED) is 0.846. The first-order valence-corrected chi connectivity index (χ1v) is 7.78. The van der Waals surface area contributed by atoms with Gasteiger partial charge in [0, 0.05) is 34.0 Å². The van der Waals surface area contributed by atoms with E-state index < -0.39 is 11.4 Å². The summed E-state index contributed by atoms with van der Waals surface area (Å²) in [5.74, 6) is 0.632. The van der Waals surface area contributed by atoms with Gasteiger partial charge in [-0.15, -0.1) is 4.72 Å². The van der Waals surface area contributed by atoms with Crippen molar-refractivity contribution in [1.82, 2.24) is 9.71 Å². The van der Waals surface area contributed by atoms with Crippen molar-refractivity contribution >= 4 is 27.3 Å². The molecule has 1 N–H and O–H groups in total. The van der Waals surface area contributed by atoms with Crippen LogP contribution < -0.4 is 9.46 Å². The molecule has 1 aliphatic heterocycles. The maximum atomic E-state index is 12.2. The lowest BCUT2D eigenvalue weighted by Crippen LogP contribution is -2.42. The molecule has 0 aliphatic carbocycles. The van der Waals surface area contributed by atoms with Crippen LogP contribution in [0, 0.1) is 0 Å². The highest BCUT2D eigenvalue weighted by atomic mass is 79.9. The summed E-state index contributed by atoms with van der Waals surface area (Å²) in [6.45, 7) is 6.46. The Morgan fingerprint density at radius 3 is 2.94 bits per heavy atom. The normalized spacial score (nSPS) is 21.1. The zero-order valence-corrected chi connectivity index (χ0v) is 13.1. The number of nitrogens with zero attached hydrogens (tertiary/aromatic N) is 1. The molecular formula is C12H17BrN2O2S. The van der Waals surface area contributed by atoms with Gasteiger partial charge in [0.2, 0.25) is 5.88 Å². The second-order valence-electron chi connectivity index (χ2n) is 5.24. The van der Waals surface area contributed by atoms with Gasteiger partial charge in [-0.25, -0.2) is 4.98 Å². The molecule has 100 valence electrons. The lowest BCUT2D eigenvalue weighted by atomic mass is 10.1. The molecule has 0 saturated heterocycles. The number of halogens is 1. The largest absolute Gasteiger partial charge is 0.598 e. The van der Waals surface area contributed by atoms with E-state index in [0.717, 1.165) is 16.5 Å². The van der Waals surface area contributed by atoms with E-state index in [2.05, 4.69) is 25.6 Å². The van der Waals surface area contributed by atoms with Crippen molar-refractivity contribution in [2.24, 2.45) is 0 Å². The van der Waals surface area contributed by atoms with Crippen LogP contribution in [0.1, 0.15) is 38.8 Å². The fourth-order valence-corrected chi connectivity index (χ4v) is 2.88. The minimum atomic E-state index is -1.10. The lowest BCUT2D eigenvalue weighted by Gasteiger charge is -2.30. The van der Waals surface area contributed by atoms with E-state index in [1.165, 1.54) is 0 Å². The van der Waals surface area contributed by atoms with Gasteiger partial charge in [0.1, 0.15) is 4.75 Å². The first kappa shape index (κ1) is 14.1. The standard InChI is InChI=1S/C12H17BrN2O2S/c1-12(2,3)18(16)15-10-4-5-17-11-9(10)6-8(13)7-14-11/h6-7,10,15H,4-5H2,1-3H3/t10?,18-/m1/s1. The van der Waals surface area contributed by atoms with Crippen molar-refractivity contribution < 1.29 is 9.29 Å². The molecule has 0 radical (unpaired) electrons. The summed E-state index contributed by atoms with van der Waals surface area (Å²) < 4.78 is 21.5. The number of fused-ring (bicyclic) bond motifs is 1. The van der Waals surface area contributed by atoms with Crippen LogP contribution >= 0.6 is 15.9 Å². The molecule has 2 rings (SSSR count). The molecule has 1 aromatic rings. The molecule has 0 aromatic carbocycles. The van der Waals surface area contributed by atoms with Crippen molar-refractivity contribution in [3.8, 4) is 5.88 Å². The predicted octanol–water partition coefficient (Wildman–Crippen LogP) is 2.72. The topological polar surface area (TPSA) is 57.2 Å². The van der Waals surface area contributed by atoms with Crippen LogP contribution in [0.25, 0.3) is 0 Å². The SMILES string of the molecule is CC(C)(C)[S@@+]([O-])NC1CCOc2ncc(Br)cc21. The first-order chi connectivity index (χ1) is 8.38. The zero-order chi connectivity index (χ0) is 13.3. The molecule has 1 aromatic heterocycles. The first-order valence-electron chi connectivity index (χ1n) is 5.84. The van der Waals surface area contributed by atoms with E-state index in [0.29, 0.717) is 12.5 Å². The van der Waals surface area contributed by atoms with Crippen molar-refractivity contribution in [3.05, 3.63) is 22.3 Å². The van der Waals surface area contributed by atoms with Crippen LogP contribution in [0.5, 0.6) is 5.88 Å². The monoisotopic (exact) mass is 332 g/mol. The lowest BCUT2D eigenvalue weighted by molar-refractivity contribution is 0.251. The highest BCUT2D eigenvalue weighted by Crippen LogP contribution is 2.33. The number of aromatic nitrogens is 1. The van der Waals surface area contributed by atoms with Crippen LogP contribution in [0.15, 0.2) is 16.7 Å². The smallest absolute Gasteiger partial charge is 0.218 e. The molecule has 0 spiro atoms. The highest BCUT2D eigenvalue weighted by molar-refractivity contribution is 9.10. The number of pyridine rings is 1. The Hall–Kier alpha value is -0.300. The predicted molar refractivity (Wildman–Crippen MR) is 75.8 cm³/mol. The van der Waals surface area contributed by atoms with Crippen LogP contribution in [0.4, 0.5) is 0 Å². The minimum Gasteiger partial charge on any atom is -0.598 e. The Bertz CT molecular complexity index is 437. The second kappa shape index (κ2) is 5.36. The van der Waals surface area contributed by atoms with Crippen molar-refractivity contribution in [1.29, 1.82) is 0 Å². The summed E-state index contributed by atoms with van der Waals surface area (Å²) in [5.41, 5.74) is 0.966. The van der Waals surface area contributed by atoms with Gasteiger partial charge in [0.15, 0.2) is 0 Å². The summed E-state index contributed by atoms with van der Waals surface area (Å²) in [6, 6.07) is 2.00. The minimum absolute atomic E-state index is 0.0267. The summed E-state index contributed by atoms with van der Waals surface area (Å²) >= 11 is 2.30. The number of nitrogens with one attached hydrogen (secondary N) is 1. The van der Waals surface area contributed by atoms with Gasteiger partial charge in [-0.2, -0.15) is 0 Å². The molecule has 2 heterocycles. The number of hydrogen-bond acceptors (Lipinski definition) is 4. The van der Waals surface area contributed by atoms with Crippen LogP contribution in [0.2, 0.25) is 0 Å². The molecular weight excluding hydrogens is 316 g/mol. The van der Waals surface area contributed by atoms with Crippen molar-refractivity contribution in [2.75, 3.05) is 6.61 Å². The van der Waals surface area contributed by atoms with Crippen LogP contribution in [-0.4, -0.2) is 20.9 Å². The summed E-state index contributed by atoms with van der Waals surface area (Å²) in [6.07, 6.45) is 2.51. The van der Waals surface area contributed by atoms with Gasteiger partial charge in [0.05, 0.1) is 12.6 Å². The van der Waals surface area contributed by atoms with Crippen LogP contribution in [0.3, 0.4) is 0 Å². The van der Waals surface area contributed by atoms with E-state index in [1.807, 2.05) is 26.8 Å². The third kappa shape index (κ3) is 3.17. The molecule has 0 fully saturated rings. The van der Waals surface area contributed by atoms with Gasteiger partial charge in [-0.1, -0.05) is 0 Å². The van der Waals surface area contributed by atoms with E-state index in [1.54, 1.807) is 6.20 Å². The fourth-order valence-electron chi connectivity index (χ4n) is 1.67. The molecule has 0 amide bonds. The average Bonchev–Trinajstić information content (AvgIpc) is 2.28. The number of rotatable bonds is 2. The Morgan fingerprint density at radius 1 is 1.56 bits per heavy atom. The maximum Gasteiger partial charge on any atom is 0.218 e. The van der Waals surface area contributed by atoms with Gasteiger partial charge in [-0.3, -0.25) is 0 Å². The Labute approximate surface area is 119 Å². The van der Waals surface area contributed by atoms with E-state index in [-0.39, 0.29) is 10.8 Å². The van der Waals surface area contributed by atoms with E-state index in [9.17, 15) is 4.55 Å². The van der Waals surface area contributed by atoms with Gasteiger partial charge < -0.3 is 9.29 Å². The molecule has 2 atom stereocenters. The van der Waals surface area contributed by atoms with Crippen molar-refractivity contribution in [3.63, 3.8) is 0 Å². The molecule has 1 aliphatic rings. The Morgan fingerprint density at radius 2 is 2.28 bits per heavy atom. The van der Waals surface area contributed by atoms with Gasteiger partial charge in [-0.05, 0) is 42.8 Å². The van der Waals surface area contributed by atoms with Gasteiger partial charge in [0.25, 0.3) is 0 Å². The fraction of sp³-hybridized carbons (Fsp3) is 0.583. The Balaban J connectivity index is 2.20. The third-order valence-corrected chi connectivity index (χ3v) is 4.72. The Kier molecular flexibility index (Phi) is 4.21. The van der Waals surface area contributed by atoms with E-state index >= 15 is 0 Å². The molecule has 4 nitrogen and oxygen atoms in total. The van der Waals surface area contributed by atoms with Gasteiger partial charge >= 0.3 is 0 Å². The molecule has 0 saturated carbocycles. The third-order valence-electron chi connectivity index (χ3n) is 2.67. The molecule has 18 heavy (non-hydrogen) atoms.